The molecule has 0 spiro atoms. The summed E-state index contributed by atoms with van der Waals surface area (Å²) in [5, 5.41) is 4.66. The number of aromatic nitrogens is 4. The van der Waals surface area contributed by atoms with Gasteiger partial charge in [0.15, 0.2) is 18.0 Å². The standard InChI is InChI=1S/C19H21N5O2/c1-12(2)15-18-21-17(14-7-5-4-6-8-14)22-24(18)10-9-23(15)19(25)16-13(3)20-11-26-16/h4-8,11-12,15H,9-10H2,1-3H3/t15-/m0/s1. The fourth-order valence-corrected chi connectivity index (χ4v) is 3.45. The minimum atomic E-state index is -0.161. The molecule has 7 heteroatoms. The van der Waals surface area contributed by atoms with Gasteiger partial charge in [0.2, 0.25) is 5.76 Å². The number of carbonyl (C=O) groups is 1. The Labute approximate surface area is 151 Å². The summed E-state index contributed by atoms with van der Waals surface area (Å²) in [4.78, 5) is 23.7. The number of benzene rings is 1. The van der Waals surface area contributed by atoms with Crippen LogP contribution in [-0.4, -0.2) is 37.1 Å². The van der Waals surface area contributed by atoms with Crippen LogP contribution in [0.5, 0.6) is 0 Å². The lowest BCUT2D eigenvalue weighted by atomic mass is 9.99. The van der Waals surface area contributed by atoms with Gasteiger partial charge in [-0.15, -0.1) is 0 Å². The maximum atomic E-state index is 13.0. The molecule has 7 nitrogen and oxygen atoms in total. The Bertz CT molecular complexity index is 929. The van der Waals surface area contributed by atoms with Crippen molar-refractivity contribution >= 4 is 5.91 Å². The molecule has 3 aromatic rings. The average molecular weight is 351 g/mol. The van der Waals surface area contributed by atoms with E-state index in [0.717, 1.165) is 11.4 Å². The summed E-state index contributed by atoms with van der Waals surface area (Å²) in [6.07, 6.45) is 1.31. The largest absolute Gasteiger partial charge is 0.438 e. The summed E-state index contributed by atoms with van der Waals surface area (Å²) in [6, 6.07) is 9.73. The average Bonchev–Trinajstić information content (AvgIpc) is 3.26. The number of nitrogens with zero attached hydrogens (tertiary/aromatic N) is 5. The van der Waals surface area contributed by atoms with Gasteiger partial charge in [0.05, 0.1) is 18.3 Å². The molecule has 0 unspecified atom stereocenters. The van der Waals surface area contributed by atoms with Crippen LogP contribution in [0.4, 0.5) is 0 Å². The van der Waals surface area contributed by atoms with Gasteiger partial charge in [-0.1, -0.05) is 44.2 Å². The molecule has 1 aliphatic rings. The normalized spacial score (nSPS) is 16.8. The van der Waals surface area contributed by atoms with E-state index in [1.165, 1.54) is 6.39 Å². The molecular weight excluding hydrogens is 330 g/mol. The van der Waals surface area contributed by atoms with Crippen LogP contribution in [-0.2, 0) is 6.54 Å². The molecule has 0 aliphatic carbocycles. The van der Waals surface area contributed by atoms with Crippen molar-refractivity contribution in [3.8, 4) is 11.4 Å². The van der Waals surface area contributed by atoms with E-state index in [1.807, 2.05) is 39.9 Å². The highest BCUT2D eigenvalue weighted by Crippen LogP contribution is 2.33. The fraction of sp³-hybridized carbons (Fsp3) is 0.368. The zero-order chi connectivity index (χ0) is 18.3. The number of aryl methyl sites for hydroxylation is 1. The number of oxazole rings is 1. The first kappa shape index (κ1) is 16.5. The van der Waals surface area contributed by atoms with E-state index in [1.54, 1.807) is 6.92 Å². The van der Waals surface area contributed by atoms with Gasteiger partial charge < -0.3 is 9.32 Å². The monoisotopic (exact) mass is 351 g/mol. The van der Waals surface area contributed by atoms with E-state index in [9.17, 15) is 4.79 Å². The van der Waals surface area contributed by atoms with Gasteiger partial charge in [0.1, 0.15) is 0 Å². The number of fused-ring (bicyclic) bond motifs is 1. The summed E-state index contributed by atoms with van der Waals surface area (Å²) in [5.74, 6) is 1.85. The summed E-state index contributed by atoms with van der Waals surface area (Å²) in [5.41, 5.74) is 1.58. The molecule has 0 N–H and O–H groups in total. The van der Waals surface area contributed by atoms with Gasteiger partial charge in [0, 0.05) is 12.1 Å². The van der Waals surface area contributed by atoms with E-state index < -0.39 is 0 Å². The number of carbonyl (C=O) groups excluding carboxylic acids is 1. The Morgan fingerprint density at radius 1 is 1.23 bits per heavy atom. The molecule has 3 heterocycles. The lowest BCUT2D eigenvalue weighted by Gasteiger charge is -2.36. The highest BCUT2D eigenvalue weighted by Gasteiger charge is 2.37. The third-order valence-corrected chi connectivity index (χ3v) is 4.72. The van der Waals surface area contributed by atoms with E-state index in [2.05, 4.69) is 23.9 Å². The number of amides is 1. The zero-order valence-corrected chi connectivity index (χ0v) is 15.1. The van der Waals surface area contributed by atoms with Gasteiger partial charge in [-0.2, -0.15) is 5.10 Å². The number of rotatable bonds is 3. The Hall–Kier alpha value is -2.96. The fourth-order valence-electron chi connectivity index (χ4n) is 3.45. The van der Waals surface area contributed by atoms with Gasteiger partial charge in [-0.05, 0) is 12.8 Å². The molecule has 0 radical (unpaired) electrons. The summed E-state index contributed by atoms with van der Waals surface area (Å²) in [7, 11) is 0. The molecule has 4 rings (SSSR count). The van der Waals surface area contributed by atoms with Crippen molar-refractivity contribution in [2.24, 2.45) is 5.92 Å². The molecule has 1 amide bonds. The van der Waals surface area contributed by atoms with Crippen molar-refractivity contribution in [2.75, 3.05) is 6.54 Å². The minimum absolute atomic E-state index is 0.144. The molecule has 26 heavy (non-hydrogen) atoms. The first-order chi connectivity index (χ1) is 12.6. The van der Waals surface area contributed by atoms with Crippen LogP contribution in [0.3, 0.4) is 0 Å². The summed E-state index contributed by atoms with van der Waals surface area (Å²) >= 11 is 0. The van der Waals surface area contributed by atoms with Crippen molar-refractivity contribution in [3.05, 3.63) is 54.0 Å². The maximum absolute atomic E-state index is 13.0. The Morgan fingerprint density at radius 2 is 2.00 bits per heavy atom. The van der Waals surface area contributed by atoms with Crippen molar-refractivity contribution < 1.29 is 9.21 Å². The second kappa shape index (κ2) is 6.40. The van der Waals surface area contributed by atoms with Crippen LogP contribution in [0.25, 0.3) is 11.4 Å². The summed E-state index contributed by atoms with van der Waals surface area (Å²) in [6.45, 7) is 7.13. The highest BCUT2D eigenvalue weighted by molar-refractivity contribution is 5.92. The predicted octanol–water partition coefficient (Wildman–Crippen LogP) is 3.09. The van der Waals surface area contributed by atoms with Crippen LogP contribution < -0.4 is 0 Å². The molecular formula is C19H21N5O2. The number of hydrogen-bond donors (Lipinski definition) is 0. The lowest BCUT2D eigenvalue weighted by molar-refractivity contribution is 0.0504. The quantitative estimate of drug-likeness (QED) is 0.725. The minimum Gasteiger partial charge on any atom is -0.438 e. The van der Waals surface area contributed by atoms with Crippen LogP contribution >= 0.6 is 0 Å². The molecule has 0 saturated heterocycles. The van der Waals surface area contributed by atoms with Gasteiger partial charge in [-0.25, -0.2) is 14.6 Å². The molecule has 0 bridgehead atoms. The van der Waals surface area contributed by atoms with E-state index in [0.29, 0.717) is 30.4 Å². The maximum Gasteiger partial charge on any atom is 0.292 e. The molecule has 0 fully saturated rings. The molecule has 2 aromatic heterocycles. The van der Waals surface area contributed by atoms with E-state index in [4.69, 9.17) is 9.40 Å². The molecule has 0 saturated carbocycles. The highest BCUT2D eigenvalue weighted by atomic mass is 16.3. The van der Waals surface area contributed by atoms with E-state index >= 15 is 0 Å². The van der Waals surface area contributed by atoms with Crippen LogP contribution in [0.2, 0.25) is 0 Å². The van der Waals surface area contributed by atoms with Gasteiger partial charge in [-0.3, -0.25) is 4.79 Å². The first-order valence-corrected chi connectivity index (χ1v) is 8.77. The molecule has 1 aliphatic heterocycles. The third kappa shape index (κ3) is 2.69. The SMILES string of the molecule is Cc1ncoc1C(=O)N1CCn2nc(-c3ccccc3)nc2[C@@H]1C(C)C. The van der Waals surface area contributed by atoms with Crippen LogP contribution in [0.1, 0.15) is 42.0 Å². The Morgan fingerprint density at radius 3 is 2.65 bits per heavy atom. The Balaban J connectivity index is 1.73. The molecule has 1 aromatic carbocycles. The first-order valence-electron chi connectivity index (χ1n) is 8.77. The van der Waals surface area contributed by atoms with Crippen LogP contribution in [0, 0.1) is 12.8 Å². The van der Waals surface area contributed by atoms with Crippen molar-refractivity contribution in [2.45, 2.75) is 33.4 Å². The number of hydrogen-bond acceptors (Lipinski definition) is 5. The van der Waals surface area contributed by atoms with Crippen LogP contribution in [0.15, 0.2) is 41.1 Å². The third-order valence-electron chi connectivity index (χ3n) is 4.72. The second-order valence-electron chi connectivity index (χ2n) is 6.84. The van der Waals surface area contributed by atoms with Gasteiger partial charge >= 0.3 is 0 Å². The van der Waals surface area contributed by atoms with Gasteiger partial charge in [0.25, 0.3) is 5.91 Å². The van der Waals surface area contributed by atoms with Crippen molar-refractivity contribution in [1.29, 1.82) is 0 Å². The van der Waals surface area contributed by atoms with Crippen molar-refractivity contribution in [1.82, 2.24) is 24.6 Å². The lowest BCUT2D eigenvalue weighted by Crippen LogP contribution is -2.44. The van der Waals surface area contributed by atoms with E-state index in [-0.39, 0.29) is 17.9 Å². The smallest absolute Gasteiger partial charge is 0.292 e. The second-order valence-corrected chi connectivity index (χ2v) is 6.84. The molecule has 134 valence electrons. The van der Waals surface area contributed by atoms with Crippen molar-refractivity contribution in [3.63, 3.8) is 0 Å². The zero-order valence-electron chi connectivity index (χ0n) is 15.1. The molecule has 1 atom stereocenters. The summed E-state index contributed by atoms with van der Waals surface area (Å²) < 4.78 is 7.25. The predicted molar refractivity (Wildman–Crippen MR) is 95.3 cm³/mol. The Kier molecular flexibility index (Phi) is 4.06. The topological polar surface area (TPSA) is 77.0 Å².